The number of piperidine rings is 1. The smallest absolute Gasteiger partial charge is 0.254 e. The first-order valence-corrected chi connectivity index (χ1v) is 11.7. The molecule has 3 aromatic rings. The van der Waals surface area contributed by atoms with E-state index in [1.807, 2.05) is 72.6 Å². The molecule has 0 spiro atoms. The molecule has 2 unspecified atom stereocenters. The van der Waals surface area contributed by atoms with Gasteiger partial charge in [-0.3, -0.25) is 4.79 Å². The SMILES string of the molecule is CC(C)c1ccc(C2C(C=O)CCCN2C(=O)c2ccccc2)cc1.CNc1ccccc1. The minimum Gasteiger partial charge on any atom is -0.388 e. The molecule has 0 radical (unpaired) electrons. The summed E-state index contributed by atoms with van der Waals surface area (Å²) < 4.78 is 0. The molecule has 4 nitrogen and oxygen atoms in total. The fraction of sp³-hybridized carbons (Fsp3) is 0.310. The van der Waals surface area contributed by atoms with Crippen LogP contribution in [0.25, 0.3) is 0 Å². The number of carbonyl (C=O) groups excluding carboxylic acids is 2. The highest BCUT2D eigenvalue weighted by Crippen LogP contribution is 2.36. The molecule has 0 aliphatic carbocycles. The number of likely N-dealkylation sites (tertiary alicyclic amines) is 1. The summed E-state index contributed by atoms with van der Waals surface area (Å²) in [7, 11) is 1.91. The summed E-state index contributed by atoms with van der Waals surface area (Å²) in [5.74, 6) is 0.320. The number of aldehydes is 1. The maximum Gasteiger partial charge on any atom is 0.254 e. The lowest BCUT2D eigenvalue weighted by Gasteiger charge is -2.39. The van der Waals surface area contributed by atoms with Crippen LogP contribution in [0.2, 0.25) is 0 Å². The number of nitrogens with one attached hydrogen (secondary N) is 1. The molecule has 3 aromatic carbocycles. The number of hydrogen-bond acceptors (Lipinski definition) is 3. The van der Waals surface area contributed by atoms with Crippen LogP contribution in [0.15, 0.2) is 84.9 Å². The average Bonchev–Trinajstić information content (AvgIpc) is 2.89. The molecular weight excluding hydrogens is 408 g/mol. The molecule has 1 heterocycles. The van der Waals surface area contributed by atoms with Crippen molar-refractivity contribution in [2.24, 2.45) is 5.92 Å². The largest absolute Gasteiger partial charge is 0.388 e. The van der Waals surface area contributed by atoms with Crippen LogP contribution in [-0.4, -0.2) is 30.7 Å². The third-order valence-corrected chi connectivity index (χ3v) is 6.14. The van der Waals surface area contributed by atoms with E-state index in [0.29, 0.717) is 18.0 Å². The number of rotatable bonds is 5. The Morgan fingerprint density at radius 2 is 1.55 bits per heavy atom. The molecular formula is C29H34N2O2. The van der Waals surface area contributed by atoms with Crippen LogP contribution >= 0.6 is 0 Å². The molecule has 1 aliphatic rings. The fourth-order valence-electron chi connectivity index (χ4n) is 4.25. The highest BCUT2D eigenvalue weighted by atomic mass is 16.2. The number of nitrogens with zero attached hydrogens (tertiary/aromatic N) is 1. The number of amides is 1. The summed E-state index contributed by atoms with van der Waals surface area (Å²) in [4.78, 5) is 26.6. The van der Waals surface area contributed by atoms with Gasteiger partial charge in [0.2, 0.25) is 0 Å². The molecule has 1 saturated heterocycles. The summed E-state index contributed by atoms with van der Waals surface area (Å²) in [6, 6.07) is 27.6. The van der Waals surface area contributed by atoms with Crippen molar-refractivity contribution in [2.45, 2.75) is 38.6 Å². The van der Waals surface area contributed by atoms with Gasteiger partial charge in [-0.1, -0.05) is 74.5 Å². The molecule has 0 aromatic heterocycles. The van der Waals surface area contributed by atoms with E-state index in [-0.39, 0.29) is 17.9 Å². The molecule has 0 bridgehead atoms. The van der Waals surface area contributed by atoms with Crippen molar-refractivity contribution in [2.75, 3.05) is 18.9 Å². The second-order valence-corrected chi connectivity index (χ2v) is 8.69. The third kappa shape index (κ3) is 6.32. The molecule has 4 heteroatoms. The molecule has 172 valence electrons. The van der Waals surface area contributed by atoms with Crippen LogP contribution in [0.4, 0.5) is 5.69 Å². The van der Waals surface area contributed by atoms with E-state index in [9.17, 15) is 9.59 Å². The van der Waals surface area contributed by atoms with E-state index < -0.39 is 0 Å². The van der Waals surface area contributed by atoms with Crippen LogP contribution in [0.1, 0.15) is 60.1 Å². The van der Waals surface area contributed by atoms with E-state index >= 15 is 0 Å². The number of hydrogen-bond donors (Lipinski definition) is 1. The van der Waals surface area contributed by atoms with Gasteiger partial charge in [0.25, 0.3) is 5.91 Å². The van der Waals surface area contributed by atoms with E-state index in [1.54, 1.807) is 0 Å². The van der Waals surface area contributed by atoms with Gasteiger partial charge in [-0.15, -0.1) is 0 Å². The zero-order valence-corrected chi connectivity index (χ0v) is 19.8. The van der Waals surface area contributed by atoms with Gasteiger partial charge in [0.15, 0.2) is 0 Å². The Bertz CT molecular complexity index is 1000. The van der Waals surface area contributed by atoms with Crippen molar-refractivity contribution in [3.05, 3.63) is 102 Å². The second-order valence-electron chi connectivity index (χ2n) is 8.69. The predicted octanol–water partition coefficient (Wildman–Crippen LogP) is 6.33. The van der Waals surface area contributed by atoms with Gasteiger partial charge in [-0.2, -0.15) is 0 Å². The molecule has 0 saturated carbocycles. The topological polar surface area (TPSA) is 49.4 Å². The summed E-state index contributed by atoms with van der Waals surface area (Å²) in [6.45, 7) is 5.01. The Hall–Kier alpha value is -3.40. The lowest BCUT2D eigenvalue weighted by molar-refractivity contribution is -0.114. The number of para-hydroxylation sites is 1. The Morgan fingerprint density at radius 3 is 2.06 bits per heavy atom. The lowest BCUT2D eigenvalue weighted by atomic mass is 9.84. The summed E-state index contributed by atoms with van der Waals surface area (Å²) in [5, 5.41) is 3.03. The van der Waals surface area contributed by atoms with Gasteiger partial charge >= 0.3 is 0 Å². The Kier molecular flexibility index (Phi) is 8.82. The summed E-state index contributed by atoms with van der Waals surface area (Å²) in [6.07, 6.45) is 2.71. The van der Waals surface area contributed by atoms with Crippen LogP contribution in [-0.2, 0) is 4.79 Å². The van der Waals surface area contributed by atoms with Gasteiger partial charge in [0.1, 0.15) is 6.29 Å². The minimum absolute atomic E-state index is 0.00471. The maximum atomic E-state index is 13.0. The molecule has 1 aliphatic heterocycles. The lowest BCUT2D eigenvalue weighted by Crippen LogP contribution is -2.43. The van der Waals surface area contributed by atoms with Gasteiger partial charge in [-0.25, -0.2) is 0 Å². The molecule has 33 heavy (non-hydrogen) atoms. The van der Waals surface area contributed by atoms with Gasteiger partial charge in [-0.05, 0) is 54.2 Å². The Morgan fingerprint density at radius 1 is 0.939 bits per heavy atom. The third-order valence-electron chi connectivity index (χ3n) is 6.14. The van der Waals surface area contributed by atoms with Crippen molar-refractivity contribution >= 4 is 17.9 Å². The first-order chi connectivity index (χ1) is 16.0. The highest BCUT2D eigenvalue weighted by molar-refractivity contribution is 5.94. The zero-order chi connectivity index (χ0) is 23.6. The Balaban J connectivity index is 0.000000323. The van der Waals surface area contributed by atoms with Gasteiger partial charge < -0.3 is 15.0 Å². The van der Waals surface area contributed by atoms with Gasteiger partial charge in [0, 0.05) is 30.8 Å². The van der Waals surface area contributed by atoms with Crippen molar-refractivity contribution < 1.29 is 9.59 Å². The monoisotopic (exact) mass is 442 g/mol. The van der Waals surface area contributed by atoms with Crippen LogP contribution in [0.3, 0.4) is 0 Å². The Labute approximate surface area is 197 Å². The molecule has 1 fully saturated rings. The van der Waals surface area contributed by atoms with Crippen LogP contribution in [0, 0.1) is 5.92 Å². The number of benzene rings is 3. The zero-order valence-electron chi connectivity index (χ0n) is 19.8. The fourth-order valence-corrected chi connectivity index (χ4v) is 4.25. The van der Waals surface area contributed by atoms with E-state index in [1.165, 1.54) is 5.56 Å². The molecule has 1 N–H and O–H groups in total. The number of anilines is 1. The van der Waals surface area contributed by atoms with Crippen LogP contribution in [0.5, 0.6) is 0 Å². The summed E-state index contributed by atoms with van der Waals surface area (Å²) in [5.41, 5.74) is 4.15. The molecule has 2 atom stereocenters. The first-order valence-electron chi connectivity index (χ1n) is 11.7. The quantitative estimate of drug-likeness (QED) is 0.470. The van der Waals surface area contributed by atoms with E-state index in [4.69, 9.17) is 0 Å². The number of carbonyl (C=O) groups is 2. The van der Waals surface area contributed by atoms with Gasteiger partial charge in [0.05, 0.1) is 6.04 Å². The maximum absolute atomic E-state index is 13.0. The van der Waals surface area contributed by atoms with Crippen molar-refractivity contribution in [3.63, 3.8) is 0 Å². The normalized spacial score (nSPS) is 17.6. The van der Waals surface area contributed by atoms with Crippen molar-refractivity contribution in [1.29, 1.82) is 0 Å². The van der Waals surface area contributed by atoms with Crippen molar-refractivity contribution in [3.8, 4) is 0 Å². The standard InChI is InChI=1S/C22H25NO2.C7H9N/c1-16(2)17-10-12-18(13-11-17)21-20(15-24)9-6-14-23(21)22(25)19-7-4-3-5-8-19;1-8-7-5-3-2-4-6-7/h3-5,7-8,10-13,15-16,20-21H,6,9,14H2,1-2H3;2-6,8H,1H3. The molecule has 4 rings (SSSR count). The van der Waals surface area contributed by atoms with Crippen molar-refractivity contribution in [1.82, 2.24) is 4.90 Å². The van der Waals surface area contributed by atoms with Crippen LogP contribution < -0.4 is 5.32 Å². The summed E-state index contributed by atoms with van der Waals surface area (Å²) >= 11 is 0. The average molecular weight is 443 g/mol. The van der Waals surface area contributed by atoms with E-state index in [2.05, 4.69) is 43.4 Å². The predicted molar refractivity (Wildman–Crippen MR) is 136 cm³/mol. The molecule has 1 amide bonds. The van der Waals surface area contributed by atoms with E-state index in [0.717, 1.165) is 30.4 Å². The minimum atomic E-state index is -0.180. The highest BCUT2D eigenvalue weighted by Gasteiger charge is 2.35. The first kappa shape index (κ1) is 24.2. The second kappa shape index (κ2) is 12.0.